The van der Waals surface area contributed by atoms with E-state index >= 15 is 0 Å². The molecule has 0 unspecified atom stereocenters. The van der Waals surface area contributed by atoms with Crippen molar-refractivity contribution < 1.29 is 4.74 Å². The van der Waals surface area contributed by atoms with Crippen LogP contribution in [0.15, 0.2) is 66.7 Å². The molecule has 4 nitrogen and oxygen atoms in total. The molecule has 0 spiro atoms. The largest absolute Gasteiger partial charge is 0.496 e. The molecule has 3 aromatic rings. The molecule has 0 bridgehead atoms. The van der Waals surface area contributed by atoms with Gasteiger partial charge in [-0.05, 0) is 43.8 Å². The van der Waals surface area contributed by atoms with Gasteiger partial charge in [-0.15, -0.1) is 0 Å². The first-order valence-corrected chi connectivity index (χ1v) is 9.33. The van der Waals surface area contributed by atoms with Gasteiger partial charge in [0, 0.05) is 23.2 Å². The molecular formula is C22H25N3OS. The topological polar surface area (TPSA) is 36.5 Å². The number of methoxy groups -OCH3 is 1. The Morgan fingerprint density at radius 2 is 1.70 bits per heavy atom. The van der Waals surface area contributed by atoms with Crippen LogP contribution in [-0.4, -0.2) is 37.8 Å². The minimum absolute atomic E-state index is 0.133. The summed E-state index contributed by atoms with van der Waals surface area (Å²) in [5.41, 5.74) is 2.13. The molecule has 0 heterocycles. The third-order valence-corrected chi connectivity index (χ3v) is 4.86. The van der Waals surface area contributed by atoms with Crippen molar-refractivity contribution in [2.24, 2.45) is 0 Å². The molecule has 0 aromatic heterocycles. The molecule has 0 aliphatic rings. The van der Waals surface area contributed by atoms with Crippen molar-refractivity contribution in [1.82, 2.24) is 10.2 Å². The van der Waals surface area contributed by atoms with Gasteiger partial charge in [-0.2, -0.15) is 0 Å². The van der Waals surface area contributed by atoms with Crippen molar-refractivity contribution in [3.05, 3.63) is 72.3 Å². The first-order valence-electron chi connectivity index (χ1n) is 8.92. The lowest BCUT2D eigenvalue weighted by atomic mass is 10.0. The number of nitrogens with zero attached hydrogens (tertiary/aromatic N) is 1. The monoisotopic (exact) mass is 379 g/mol. The van der Waals surface area contributed by atoms with Gasteiger partial charge in [-0.1, -0.05) is 54.6 Å². The molecule has 0 saturated carbocycles. The van der Waals surface area contributed by atoms with Gasteiger partial charge in [-0.3, -0.25) is 0 Å². The molecule has 0 fully saturated rings. The second kappa shape index (κ2) is 8.84. The highest BCUT2D eigenvalue weighted by Gasteiger charge is 2.18. The maximum atomic E-state index is 5.54. The Bertz CT molecular complexity index is 921. The molecule has 0 amide bonds. The predicted octanol–water partition coefficient (Wildman–Crippen LogP) is 4.44. The molecule has 3 rings (SSSR count). The van der Waals surface area contributed by atoms with Crippen molar-refractivity contribution in [2.45, 2.75) is 6.04 Å². The van der Waals surface area contributed by atoms with Crippen molar-refractivity contribution >= 4 is 33.8 Å². The minimum atomic E-state index is 0.133. The zero-order chi connectivity index (χ0) is 19.2. The summed E-state index contributed by atoms with van der Waals surface area (Å²) in [4.78, 5) is 2.16. The van der Waals surface area contributed by atoms with E-state index in [1.165, 1.54) is 5.39 Å². The molecule has 2 N–H and O–H groups in total. The number of benzene rings is 3. The van der Waals surface area contributed by atoms with E-state index in [2.05, 4.69) is 53.9 Å². The molecule has 0 saturated heterocycles. The normalized spacial score (nSPS) is 12.0. The van der Waals surface area contributed by atoms with Crippen LogP contribution < -0.4 is 15.4 Å². The third kappa shape index (κ3) is 4.56. The second-order valence-corrected chi connectivity index (χ2v) is 6.99. The maximum absolute atomic E-state index is 5.54. The second-order valence-electron chi connectivity index (χ2n) is 6.58. The lowest BCUT2D eigenvalue weighted by molar-refractivity contribution is 0.288. The summed E-state index contributed by atoms with van der Waals surface area (Å²) in [5.74, 6) is 0.880. The van der Waals surface area contributed by atoms with Crippen molar-refractivity contribution in [3.63, 3.8) is 0 Å². The average Bonchev–Trinajstić information content (AvgIpc) is 2.68. The maximum Gasteiger partial charge on any atom is 0.170 e. The number of nitrogens with one attached hydrogen (secondary N) is 2. The van der Waals surface area contributed by atoms with E-state index in [0.29, 0.717) is 11.7 Å². The van der Waals surface area contributed by atoms with Crippen LogP contribution in [-0.2, 0) is 0 Å². The summed E-state index contributed by atoms with van der Waals surface area (Å²) in [6.07, 6.45) is 0. The zero-order valence-corrected chi connectivity index (χ0v) is 16.7. The van der Waals surface area contributed by atoms with E-state index < -0.39 is 0 Å². The SMILES string of the molecule is COc1ccccc1[C@@H](CNC(=S)Nc1cccc2ccccc12)N(C)C. The number of hydrogen-bond donors (Lipinski definition) is 2. The highest BCUT2D eigenvalue weighted by atomic mass is 32.1. The zero-order valence-electron chi connectivity index (χ0n) is 15.9. The number of para-hydroxylation sites is 1. The first kappa shape index (κ1) is 19.1. The fraction of sp³-hybridized carbons (Fsp3) is 0.227. The van der Waals surface area contributed by atoms with Gasteiger partial charge in [0.2, 0.25) is 0 Å². The summed E-state index contributed by atoms with van der Waals surface area (Å²) in [7, 11) is 5.81. The molecule has 0 aliphatic carbocycles. The van der Waals surface area contributed by atoms with Crippen molar-refractivity contribution in [3.8, 4) is 5.75 Å². The summed E-state index contributed by atoms with van der Waals surface area (Å²) < 4.78 is 5.52. The van der Waals surface area contributed by atoms with Crippen molar-refractivity contribution in [2.75, 3.05) is 33.1 Å². The number of thiocarbonyl (C=S) groups is 1. The molecule has 3 aromatic carbocycles. The Kier molecular flexibility index (Phi) is 6.27. The van der Waals surface area contributed by atoms with Crippen LogP contribution in [0.5, 0.6) is 5.75 Å². The van der Waals surface area contributed by atoms with Crippen LogP contribution in [0.25, 0.3) is 10.8 Å². The number of likely N-dealkylation sites (N-methyl/N-ethyl adjacent to an activating group) is 1. The number of rotatable bonds is 6. The smallest absolute Gasteiger partial charge is 0.170 e. The Hall–Kier alpha value is -2.63. The van der Waals surface area contributed by atoms with Crippen LogP contribution in [0.4, 0.5) is 5.69 Å². The van der Waals surface area contributed by atoms with E-state index in [1.807, 2.05) is 42.5 Å². The lowest BCUT2D eigenvalue weighted by Crippen LogP contribution is -2.36. The van der Waals surface area contributed by atoms with Crippen LogP contribution in [0.2, 0.25) is 0 Å². The van der Waals surface area contributed by atoms with Gasteiger partial charge >= 0.3 is 0 Å². The molecule has 27 heavy (non-hydrogen) atoms. The number of ether oxygens (including phenoxy) is 1. The predicted molar refractivity (Wildman–Crippen MR) is 118 cm³/mol. The van der Waals surface area contributed by atoms with Gasteiger partial charge in [0.25, 0.3) is 0 Å². The molecule has 0 aliphatic heterocycles. The summed E-state index contributed by atoms with van der Waals surface area (Å²) in [6, 6.07) is 22.7. The number of hydrogen-bond acceptors (Lipinski definition) is 3. The highest BCUT2D eigenvalue weighted by Crippen LogP contribution is 2.27. The number of anilines is 1. The van der Waals surface area contributed by atoms with Gasteiger partial charge in [0.15, 0.2) is 5.11 Å². The van der Waals surface area contributed by atoms with E-state index in [4.69, 9.17) is 17.0 Å². The van der Waals surface area contributed by atoms with Gasteiger partial charge in [0.1, 0.15) is 5.75 Å². The lowest BCUT2D eigenvalue weighted by Gasteiger charge is -2.27. The molecule has 140 valence electrons. The summed E-state index contributed by atoms with van der Waals surface area (Å²) >= 11 is 5.54. The van der Waals surface area contributed by atoms with Crippen LogP contribution in [0.1, 0.15) is 11.6 Å². The quantitative estimate of drug-likeness (QED) is 0.620. The van der Waals surface area contributed by atoms with E-state index in [9.17, 15) is 0 Å². The van der Waals surface area contributed by atoms with Gasteiger partial charge in [-0.25, -0.2) is 0 Å². The fourth-order valence-corrected chi connectivity index (χ4v) is 3.40. The minimum Gasteiger partial charge on any atom is -0.496 e. The highest BCUT2D eigenvalue weighted by molar-refractivity contribution is 7.80. The average molecular weight is 380 g/mol. The van der Waals surface area contributed by atoms with Gasteiger partial charge < -0.3 is 20.3 Å². The summed E-state index contributed by atoms with van der Waals surface area (Å²) in [6.45, 7) is 0.671. The first-order chi connectivity index (χ1) is 13.1. The van der Waals surface area contributed by atoms with Crippen molar-refractivity contribution in [1.29, 1.82) is 0 Å². The van der Waals surface area contributed by atoms with Crippen LogP contribution in [0.3, 0.4) is 0 Å². The Balaban J connectivity index is 1.71. The Morgan fingerprint density at radius 1 is 1.00 bits per heavy atom. The van der Waals surface area contributed by atoms with E-state index in [0.717, 1.165) is 22.4 Å². The Morgan fingerprint density at radius 3 is 2.48 bits per heavy atom. The molecule has 1 atom stereocenters. The molecule has 0 radical (unpaired) electrons. The molecular weight excluding hydrogens is 354 g/mol. The standard InChI is InChI=1S/C22H25N3OS/c1-25(2)20(18-12-6-7-14-21(18)26-3)15-23-22(27)24-19-13-8-10-16-9-4-5-11-17(16)19/h4-14,20H,15H2,1-3H3,(H2,23,24,27)/t20-/m1/s1. The van der Waals surface area contributed by atoms with E-state index in [-0.39, 0.29) is 6.04 Å². The van der Waals surface area contributed by atoms with Gasteiger partial charge in [0.05, 0.1) is 13.2 Å². The Labute approximate surface area is 166 Å². The number of fused-ring (bicyclic) bond motifs is 1. The third-order valence-electron chi connectivity index (χ3n) is 4.62. The molecule has 5 heteroatoms. The fourth-order valence-electron chi connectivity index (χ4n) is 3.20. The van der Waals surface area contributed by atoms with Crippen LogP contribution >= 0.6 is 12.2 Å². The van der Waals surface area contributed by atoms with Crippen LogP contribution in [0, 0.1) is 0 Å². The van der Waals surface area contributed by atoms with E-state index in [1.54, 1.807) is 7.11 Å². The summed E-state index contributed by atoms with van der Waals surface area (Å²) in [5, 5.41) is 9.62.